The van der Waals surface area contributed by atoms with Crippen LogP contribution in [0.3, 0.4) is 0 Å². The second kappa shape index (κ2) is 5.76. The second-order valence-corrected chi connectivity index (χ2v) is 5.84. The molecule has 0 amide bonds. The monoisotopic (exact) mass is 344 g/mol. The number of phenols is 1. The van der Waals surface area contributed by atoms with Crippen LogP contribution >= 0.6 is 11.6 Å². The van der Waals surface area contributed by atoms with Crippen LogP contribution in [0.5, 0.6) is 5.75 Å². The number of Topliss-reactive ketones (excluding diaryl/α,β-unsaturated/α-hetero) is 1. The summed E-state index contributed by atoms with van der Waals surface area (Å²) in [5, 5.41) is 11.4. The van der Waals surface area contributed by atoms with Crippen molar-refractivity contribution in [2.45, 2.75) is 13.8 Å². The van der Waals surface area contributed by atoms with Gasteiger partial charge in [0.25, 0.3) is 0 Å². The largest absolute Gasteiger partial charge is 0.507 e. The van der Waals surface area contributed by atoms with Gasteiger partial charge in [-0.1, -0.05) is 11.6 Å². The van der Waals surface area contributed by atoms with Crippen LogP contribution in [0.1, 0.15) is 44.9 Å². The first-order valence-electron chi connectivity index (χ1n) is 7.29. The van der Waals surface area contributed by atoms with Crippen LogP contribution in [0, 0.1) is 0 Å². The lowest BCUT2D eigenvalue weighted by Crippen LogP contribution is -2.21. The van der Waals surface area contributed by atoms with Gasteiger partial charge in [0, 0.05) is 21.4 Å². The molecule has 0 atom stereocenters. The summed E-state index contributed by atoms with van der Waals surface area (Å²) in [7, 11) is 0. The Labute approximate surface area is 142 Å². The number of carbonyl (C=O) groups is 3. The lowest BCUT2D eigenvalue weighted by molar-refractivity contribution is 0.0526. The number of carbonyl (C=O) groups excluding carboxylic acids is 3. The van der Waals surface area contributed by atoms with Gasteiger partial charge in [0.2, 0.25) is 0 Å². The first-order valence-corrected chi connectivity index (χ1v) is 7.67. The van der Waals surface area contributed by atoms with Gasteiger partial charge < -0.3 is 9.84 Å². The summed E-state index contributed by atoms with van der Waals surface area (Å²) in [6.07, 6.45) is 1.15. The molecule has 0 saturated carbocycles. The van der Waals surface area contributed by atoms with E-state index < -0.39 is 17.5 Å². The summed E-state index contributed by atoms with van der Waals surface area (Å²) in [5.74, 6) is -2.10. The Hall–Kier alpha value is -2.66. The maximum atomic E-state index is 12.6. The Balaban J connectivity index is 2.52. The topological polar surface area (TPSA) is 80.7 Å². The van der Waals surface area contributed by atoms with Crippen molar-refractivity contribution in [3.05, 3.63) is 51.6 Å². The number of fused-ring (bicyclic) bond motifs is 2. The van der Waals surface area contributed by atoms with E-state index in [0.29, 0.717) is 5.02 Å². The quantitative estimate of drug-likeness (QED) is 0.840. The van der Waals surface area contributed by atoms with Crippen LogP contribution in [0.4, 0.5) is 0 Å². The van der Waals surface area contributed by atoms with E-state index in [9.17, 15) is 19.5 Å². The van der Waals surface area contributed by atoms with Crippen LogP contribution in [0.25, 0.3) is 10.8 Å². The van der Waals surface area contributed by atoms with Gasteiger partial charge in [-0.2, -0.15) is 0 Å². The number of ketones is 2. The molecule has 6 heteroatoms. The van der Waals surface area contributed by atoms with E-state index in [-0.39, 0.29) is 45.4 Å². The molecule has 0 aromatic heterocycles. The van der Waals surface area contributed by atoms with E-state index in [1.807, 2.05) is 0 Å². The minimum atomic E-state index is -0.739. The average molecular weight is 345 g/mol. The molecule has 1 aliphatic rings. The van der Waals surface area contributed by atoms with E-state index in [2.05, 4.69) is 0 Å². The normalized spacial score (nSPS) is 13.7. The Morgan fingerprint density at radius 3 is 2.58 bits per heavy atom. The molecule has 24 heavy (non-hydrogen) atoms. The highest BCUT2D eigenvalue weighted by atomic mass is 35.5. The standard InChI is InChI=1S/C18H13ClO5/c1-3-24-18(23)13-11-7-9(19)4-5-10(11)17(22)14-12(20)6-8(2)16(21)15(13)14/h4-7,22H,3H2,1-2H3. The highest BCUT2D eigenvalue weighted by Crippen LogP contribution is 2.40. The lowest BCUT2D eigenvalue weighted by atomic mass is 9.83. The molecule has 0 radical (unpaired) electrons. The maximum Gasteiger partial charge on any atom is 0.339 e. The minimum absolute atomic E-state index is 0.0482. The highest BCUT2D eigenvalue weighted by Gasteiger charge is 2.34. The van der Waals surface area contributed by atoms with Crippen molar-refractivity contribution in [1.29, 1.82) is 0 Å². The van der Waals surface area contributed by atoms with E-state index in [1.54, 1.807) is 6.92 Å². The summed E-state index contributed by atoms with van der Waals surface area (Å²) < 4.78 is 5.05. The van der Waals surface area contributed by atoms with Gasteiger partial charge in [-0.3, -0.25) is 9.59 Å². The molecule has 0 spiro atoms. The highest BCUT2D eigenvalue weighted by molar-refractivity contribution is 6.34. The number of hydrogen-bond acceptors (Lipinski definition) is 5. The van der Waals surface area contributed by atoms with Crippen molar-refractivity contribution in [3.63, 3.8) is 0 Å². The van der Waals surface area contributed by atoms with Crippen LogP contribution in [-0.2, 0) is 4.74 Å². The summed E-state index contributed by atoms with van der Waals surface area (Å²) in [6.45, 7) is 3.23. The fraction of sp³-hybridized carbons (Fsp3) is 0.167. The number of esters is 1. The molecule has 0 aliphatic heterocycles. The average Bonchev–Trinajstić information content (AvgIpc) is 2.52. The summed E-state index contributed by atoms with van der Waals surface area (Å²) >= 11 is 6.00. The fourth-order valence-corrected chi connectivity index (χ4v) is 3.03. The number of phenolic OH excluding ortho intramolecular Hbond substituents is 1. The molecular weight excluding hydrogens is 332 g/mol. The molecule has 1 N–H and O–H groups in total. The number of allylic oxidation sites excluding steroid dienone is 2. The fourth-order valence-electron chi connectivity index (χ4n) is 2.86. The van der Waals surface area contributed by atoms with Crippen molar-refractivity contribution in [1.82, 2.24) is 0 Å². The lowest BCUT2D eigenvalue weighted by Gasteiger charge is -2.20. The van der Waals surface area contributed by atoms with Gasteiger partial charge >= 0.3 is 5.97 Å². The molecular formula is C18H13ClO5. The van der Waals surface area contributed by atoms with Gasteiger partial charge in [-0.05, 0) is 38.1 Å². The molecule has 0 heterocycles. The maximum absolute atomic E-state index is 12.6. The molecule has 0 bridgehead atoms. The number of ether oxygens (including phenoxy) is 1. The Bertz CT molecular complexity index is 956. The Morgan fingerprint density at radius 1 is 1.21 bits per heavy atom. The molecule has 0 fully saturated rings. The minimum Gasteiger partial charge on any atom is -0.507 e. The first kappa shape index (κ1) is 16.2. The van der Waals surface area contributed by atoms with Gasteiger partial charge in [0.05, 0.1) is 23.3 Å². The third kappa shape index (κ3) is 2.29. The van der Waals surface area contributed by atoms with Crippen molar-refractivity contribution < 1.29 is 24.2 Å². The van der Waals surface area contributed by atoms with Crippen molar-refractivity contribution in [3.8, 4) is 5.75 Å². The van der Waals surface area contributed by atoms with Crippen LogP contribution in [0.2, 0.25) is 5.02 Å². The third-order valence-corrected chi connectivity index (χ3v) is 4.14. The third-order valence-electron chi connectivity index (χ3n) is 3.90. The predicted octanol–water partition coefficient (Wildman–Crippen LogP) is 3.70. The predicted molar refractivity (Wildman–Crippen MR) is 89.0 cm³/mol. The van der Waals surface area contributed by atoms with E-state index in [4.69, 9.17) is 16.3 Å². The SMILES string of the molecule is CCOC(=O)c1c2c(c(O)c3ccc(Cl)cc13)C(=O)C=C(C)C2=O. The molecule has 3 rings (SSSR count). The molecule has 5 nitrogen and oxygen atoms in total. The zero-order valence-corrected chi connectivity index (χ0v) is 13.7. The molecule has 2 aromatic carbocycles. The molecule has 2 aromatic rings. The van der Waals surface area contributed by atoms with Gasteiger partial charge in [-0.15, -0.1) is 0 Å². The number of benzene rings is 2. The van der Waals surface area contributed by atoms with E-state index in [0.717, 1.165) is 6.08 Å². The number of halogens is 1. The molecule has 0 saturated heterocycles. The van der Waals surface area contributed by atoms with E-state index in [1.165, 1.54) is 25.1 Å². The first-order chi connectivity index (χ1) is 11.4. The Kier molecular flexibility index (Phi) is 3.89. The number of aromatic hydroxyl groups is 1. The smallest absolute Gasteiger partial charge is 0.339 e. The second-order valence-electron chi connectivity index (χ2n) is 5.40. The van der Waals surface area contributed by atoms with Crippen molar-refractivity contribution >= 4 is 39.9 Å². The zero-order chi connectivity index (χ0) is 17.6. The van der Waals surface area contributed by atoms with Crippen LogP contribution in [0.15, 0.2) is 29.8 Å². The molecule has 1 aliphatic carbocycles. The van der Waals surface area contributed by atoms with Crippen LogP contribution in [-0.4, -0.2) is 29.2 Å². The number of hydrogen-bond donors (Lipinski definition) is 1. The zero-order valence-electron chi connectivity index (χ0n) is 13.0. The van der Waals surface area contributed by atoms with E-state index >= 15 is 0 Å². The van der Waals surface area contributed by atoms with Crippen LogP contribution < -0.4 is 0 Å². The summed E-state index contributed by atoms with van der Waals surface area (Å²) in [6, 6.07) is 4.49. The number of rotatable bonds is 2. The summed E-state index contributed by atoms with van der Waals surface area (Å²) in [4.78, 5) is 37.4. The van der Waals surface area contributed by atoms with Gasteiger partial charge in [0.1, 0.15) is 5.75 Å². The molecule has 122 valence electrons. The Morgan fingerprint density at radius 2 is 1.92 bits per heavy atom. The summed E-state index contributed by atoms with van der Waals surface area (Å²) in [5.41, 5.74) is -0.166. The van der Waals surface area contributed by atoms with Gasteiger partial charge in [-0.25, -0.2) is 4.79 Å². The molecule has 0 unspecified atom stereocenters. The van der Waals surface area contributed by atoms with Crippen molar-refractivity contribution in [2.24, 2.45) is 0 Å². The van der Waals surface area contributed by atoms with Crippen molar-refractivity contribution in [2.75, 3.05) is 6.61 Å². The van der Waals surface area contributed by atoms with Gasteiger partial charge in [0.15, 0.2) is 11.6 Å².